The van der Waals surface area contributed by atoms with Crippen molar-refractivity contribution in [1.29, 1.82) is 0 Å². The molecular weight excluding hydrogens is 446 g/mol. The molecule has 10 heteroatoms. The number of benzene rings is 2. The summed E-state index contributed by atoms with van der Waals surface area (Å²) in [6, 6.07) is 10.3. The van der Waals surface area contributed by atoms with Crippen molar-refractivity contribution < 1.29 is 28.3 Å². The largest absolute Gasteiger partial charge is 0.483 e. The third kappa shape index (κ3) is 6.05. The van der Waals surface area contributed by atoms with Crippen LogP contribution in [-0.4, -0.2) is 57.3 Å². The number of piperazine rings is 1. The minimum Gasteiger partial charge on any atom is -0.483 e. The van der Waals surface area contributed by atoms with Gasteiger partial charge < -0.3 is 19.4 Å². The third-order valence-electron chi connectivity index (χ3n) is 5.32. The Morgan fingerprint density at radius 3 is 2.48 bits per heavy atom. The number of halogens is 2. The van der Waals surface area contributed by atoms with Gasteiger partial charge >= 0.3 is 7.60 Å². The van der Waals surface area contributed by atoms with Crippen molar-refractivity contribution >= 4 is 30.4 Å². The molecule has 2 aromatic carbocycles. The van der Waals surface area contributed by atoms with E-state index in [1.54, 1.807) is 17.0 Å². The highest BCUT2D eigenvalue weighted by Crippen LogP contribution is 2.38. The number of carbonyl (C=O) groups is 1. The molecule has 2 aromatic rings. The number of hydrogen-bond acceptors (Lipinski definition) is 4. The summed E-state index contributed by atoms with van der Waals surface area (Å²) in [6.45, 7) is 5.38. The molecule has 1 amide bonds. The zero-order chi connectivity index (χ0) is 22.8. The van der Waals surface area contributed by atoms with Crippen LogP contribution in [0, 0.1) is 5.82 Å². The van der Waals surface area contributed by atoms with Crippen LogP contribution < -0.4 is 10.0 Å². The second-order valence-electron chi connectivity index (χ2n) is 7.74. The number of rotatable bonds is 6. The van der Waals surface area contributed by atoms with Gasteiger partial charge in [0.05, 0.1) is 0 Å². The van der Waals surface area contributed by atoms with Crippen molar-refractivity contribution in [1.82, 2.24) is 9.80 Å². The van der Waals surface area contributed by atoms with Gasteiger partial charge in [-0.05, 0) is 49.7 Å². The van der Waals surface area contributed by atoms with E-state index in [9.17, 15) is 23.5 Å². The number of amides is 1. The van der Waals surface area contributed by atoms with Gasteiger partial charge in [0.2, 0.25) is 0 Å². The first-order chi connectivity index (χ1) is 14.5. The Hall–Kier alpha value is -1.96. The Balaban J connectivity index is 1.62. The molecule has 0 radical (unpaired) electrons. The molecule has 0 aliphatic carbocycles. The SMILES string of the molecule is C[C@@H]1CN(Cc2ccc(F)cc2)[C@@H](C)CN1C(=O)COc1ccc(Cl)cc1P(=O)(O)O. The molecule has 3 rings (SSSR count). The maximum absolute atomic E-state index is 13.1. The summed E-state index contributed by atoms with van der Waals surface area (Å²) in [5.74, 6) is -0.614. The summed E-state index contributed by atoms with van der Waals surface area (Å²) in [6.07, 6.45) is 0. The number of nitrogens with zero attached hydrogens (tertiary/aromatic N) is 2. The molecule has 2 atom stereocenters. The minimum absolute atomic E-state index is 0.0678. The van der Waals surface area contributed by atoms with Gasteiger partial charge in [-0.15, -0.1) is 0 Å². The maximum atomic E-state index is 13.1. The maximum Gasteiger partial charge on any atom is 0.360 e. The Kier molecular flexibility index (Phi) is 7.39. The first kappa shape index (κ1) is 23.7. The van der Waals surface area contributed by atoms with Crippen LogP contribution in [0.3, 0.4) is 0 Å². The summed E-state index contributed by atoms with van der Waals surface area (Å²) >= 11 is 5.82. The highest BCUT2D eigenvalue weighted by atomic mass is 35.5. The molecule has 1 saturated heterocycles. The zero-order valence-electron chi connectivity index (χ0n) is 17.2. The van der Waals surface area contributed by atoms with Gasteiger partial charge in [-0.3, -0.25) is 14.3 Å². The fraction of sp³-hybridized carbons (Fsp3) is 0.381. The Bertz CT molecular complexity index is 984. The molecule has 0 unspecified atom stereocenters. The first-order valence-corrected chi connectivity index (χ1v) is 11.8. The highest BCUT2D eigenvalue weighted by molar-refractivity contribution is 7.60. The van der Waals surface area contributed by atoms with E-state index in [2.05, 4.69) is 4.90 Å². The van der Waals surface area contributed by atoms with Crippen LogP contribution in [0.4, 0.5) is 4.39 Å². The van der Waals surface area contributed by atoms with Crippen molar-refractivity contribution in [3.8, 4) is 5.75 Å². The molecule has 1 fully saturated rings. The summed E-state index contributed by atoms with van der Waals surface area (Å²) in [5.41, 5.74) is 0.997. The molecule has 168 valence electrons. The second kappa shape index (κ2) is 9.67. The smallest absolute Gasteiger partial charge is 0.360 e. The molecule has 0 spiro atoms. The van der Waals surface area contributed by atoms with Gasteiger partial charge in [-0.1, -0.05) is 23.7 Å². The molecule has 0 saturated carbocycles. The van der Waals surface area contributed by atoms with Gasteiger partial charge in [0, 0.05) is 36.7 Å². The summed E-state index contributed by atoms with van der Waals surface area (Å²) in [7, 11) is -4.61. The zero-order valence-corrected chi connectivity index (χ0v) is 18.9. The Morgan fingerprint density at radius 1 is 1.16 bits per heavy atom. The Morgan fingerprint density at radius 2 is 1.84 bits per heavy atom. The number of ether oxygens (including phenoxy) is 1. The van der Waals surface area contributed by atoms with Gasteiger partial charge in [0.25, 0.3) is 5.91 Å². The lowest BCUT2D eigenvalue weighted by molar-refractivity contribution is -0.139. The molecule has 0 aromatic heterocycles. The van der Waals surface area contributed by atoms with Crippen LogP contribution >= 0.6 is 19.2 Å². The van der Waals surface area contributed by atoms with E-state index < -0.39 is 7.60 Å². The van der Waals surface area contributed by atoms with Crippen LogP contribution in [0.5, 0.6) is 5.75 Å². The van der Waals surface area contributed by atoms with E-state index in [0.29, 0.717) is 19.6 Å². The van der Waals surface area contributed by atoms with E-state index in [1.165, 1.54) is 24.3 Å². The summed E-state index contributed by atoms with van der Waals surface area (Å²) in [4.78, 5) is 35.7. The lowest BCUT2D eigenvalue weighted by Gasteiger charge is -2.44. The van der Waals surface area contributed by atoms with Crippen LogP contribution in [-0.2, 0) is 15.9 Å². The van der Waals surface area contributed by atoms with Crippen molar-refractivity contribution in [3.63, 3.8) is 0 Å². The lowest BCUT2D eigenvalue weighted by atomic mass is 10.1. The van der Waals surface area contributed by atoms with E-state index in [1.807, 2.05) is 13.8 Å². The van der Waals surface area contributed by atoms with Crippen molar-refractivity contribution in [2.45, 2.75) is 32.5 Å². The van der Waals surface area contributed by atoms with Gasteiger partial charge in [0.1, 0.15) is 16.9 Å². The first-order valence-electron chi connectivity index (χ1n) is 9.81. The van der Waals surface area contributed by atoms with Crippen LogP contribution in [0.2, 0.25) is 5.02 Å². The normalized spacial score (nSPS) is 20.0. The standard InChI is InChI=1S/C21H25ClFN2O5P/c1-14-11-25(15(2)10-24(14)12-16-3-6-18(23)7-4-16)21(26)13-30-19-8-5-17(22)9-20(19)31(27,28)29/h3-9,14-15H,10-13H2,1-2H3,(H2,27,28,29)/t14-,15+/m0/s1. The molecule has 2 N–H and O–H groups in total. The highest BCUT2D eigenvalue weighted by Gasteiger charge is 2.32. The van der Waals surface area contributed by atoms with Crippen LogP contribution in [0.1, 0.15) is 19.4 Å². The van der Waals surface area contributed by atoms with Gasteiger partial charge in [0.15, 0.2) is 6.61 Å². The van der Waals surface area contributed by atoms with Crippen molar-refractivity contribution in [2.75, 3.05) is 19.7 Å². The monoisotopic (exact) mass is 470 g/mol. The molecule has 1 aliphatic rings. The molecule has 31 heavy (non-hydrogen) atoms. The fourth-order valence-corrected chi connectivity index (χ4v) is 4.63. The quantitative estimate of drug-likeness (QED) is 0.631. The lowest BCUT2D eigenvalue weighted by Crippen LogP contribution is -2.58. The minimum atomic E-state index is -4.61. The van der Waals surface area contributed by atoms with Crippen molar-refractivity contribution in [3.05, 3.63) is 58.9 Å². The molecule has 7 nitrogen and oxygen atoms in total. The second-order valence-corrected chi connectivity index (χ2v) is 9.75. The predicted octanol–water partition coefficient (Wildman–Crippen LogP) is 2.78. The van der Waals surface area contributed by atoms with Gasteiger partial charge in [-0.2, -0.15) is 0 Å². The van der Waals surface area contributed by atoms with E-state index >= 15 is 0 Å². The predicted molar refractivity (Wildman–Crippen MR) is 116 cm³/mol. The average Bonchev–Trinajstić information content (AvgIpc) is 2.70. The van der Waals surface area contributed by atoms with E-state index in [-0.39, 0.29) is 46.5 Å². The van der Waals surface area contributed by atoms with Crippen LogP contribution in [0.15, 0.2) is 42.5 Å². The third-order valence-corrected chi connectivity index (χ3v) is 6.53. The summed E-state index contributed by atoms with van der Waals surface area (Å²) in [5, 5.41) is -0.185. The van der Waals surface area contributed by atoms with Crippen LogP contribution in [0.25, 0.3) is 0 Å². The molecule has 0 bridgehead atoms. The molecule has 1 aliphatic heterocycles. The fourth-order valence-electron chi connectivity index (χ4n) is 3.65. The summed E-state index contributed by atoms with van der Waals surface area (Å²) < 4.78 is 30.3. The molecular formula is C21H25ClFN2O5P. The average molecular weight is 471 g/mol. The number of hydrogen-bond donors (Lipinski definition) is 2. The van der Waals surface area contributed by atoms with Gasteiger partial charge in [-0.25, -0.2) is 4.39 Å². The van der Waals surface area contributed by atoms with E-state index in [0.717, 1.165) is 11.6 Å². The molecule has 1 heterocycles. The van der Waals surface area contributed by atoms with Crippen molar-refractivity contribution in [2.24, 2.45) is 0 Å². The Labute approximate surface area is 185 Å². The van der Waals surface area contributed by atoms with E-state index in [4.69, 9.17) is 16.3 Å². The topological polar surface area (TPSA) is 90.3 Å². The number of carbonyl (C=O) groups excluding carboxylic acids is 1.